The van der Waals surface area contributed by atoms with Crippen LogP contribution in [-0.4, -0.2) is 19.5 Å². The van der Waals surface area contributed by atoms with Gasteiger partial charge in [-0.2, -0.15) is 5.26 Å². The minimum absolute atomic E-state index is 0.217. The molecule has 12 rings (SSSR count). The van der Waals surface area contributed by atoms with Gasteiger partial charge in [-0.15, -0.1) is 0 Å². The maximum atomic E-state index is 9.98. The molecule has 0 aliphatic heterocycles. The number of fused-ring (bicyclic) bond motifs is 8. The number of nitriles is 1. The Kier molecular flexibility index (Phi) is 8.84. The van der Waals surface area contributed by atoms with E-state index in [-0.39, 0.29) is 5.92 Å². The van der Waals surface area contributed by atoms with Crippen molar-refractivity contribution in [2.24, 2.45) is 0 Å². The van der Waals surface area contributed by atoms with Crippen molar-refractivity contribution in [3.8, 4) is 68.2 Å². The van der Waals surface area contributed by atoms with Crippen LogP contribution in [0.15, 0.2) is 200 Å². The summed E-state index contributed by atoms with van der Waals surface area (Å²) in [6.45, 7) is 2.23. The highest BCUT2D eigenvalue weighted by molar-refractivity contribution is 6.23. The Labute approximate surface area is 370 Å². The number of nitrogens with zero attached hydrogens (tertiary/aromatic N) is 5. The minimum atomic E-state index is 0.217. The molecule has 0 radical (unpaired) electrons. The number of benzene rings is 9. The van der Waals surface area contributed by atoms with Crippen LogP contribution in [0, 0.1) is 11.3 Å². The predicted molar refractivity (Wildman–Crippen MR) is 263 cm³/mol. The zero-order valence-corrected chi connectivity index (χ0v) is 35.1. The largest absolute Gasteiger partial charge is 0.313 e. The summed E-state index contributed by atoms with van der Waals surface area (Å²) in [6, 6.07) is 71.1. The number of aromatic nitrogens is 4. The van der Waals surface area contributed by atoms with E-state index in [1.807, 2.05) is 60.7 Å². The smallest absolute Gasteiger partial charge is 0.164 e. The maximum Gasteiger partial charge on any atom is 0.164 e. The van der Waals surface area contributed by atoms with Crippen molar-refractivity contribution >= 4 is 49.3 Å². The van der Waals surface area contributed by atoms with Gasteiger partial charge in [0.25, 0.3) is 0 Å². The fourth-order valence-corrected chi connectivity index (χ4v) is 9.89. The molecule has 9 aromatic carbocycles. The lowest BCUT2D eigenvalue weighted by molar-refractivity contribution is 0.710. The molecule has 2 aromatic heterocycles. The number of hydrogen-bond donors (Lipinski definition) is 0. The summed E-state index contributed by atoms with van der Waals surface area (Å²) in [5, 5.41) is 18.0. The van der Waals surface area contributed by atoms with Crippen molar-refractivity contribution in [3.63, 3.8) is 0 Å². The lowest BCUT2D eigenvalue weighted by atomic mass is 9.88. The molecule has 1 atom stereocenters. The summed E-state index contributed by atoms with van der Waals surface area (Å²) < 4.78 is 2.39. The molecule has 5 heteroatoms. The van der Waals surface area contributed by atoms with E-state index >= 15 is 0 Å². The van der Waals surface area contributed by atoms with Crippen molar-refractivity contribution in [1.82, 2.24) is 19.5 Å². The standard InChI is InChI=1S/C59H39N5/c1-37-31-38(36-60)32-53-52-33-43(29-30-55(52)64(56(37)53)44-19-9-4-10-20-44)39-25-27-40(28-26-39)49-34-50-47-23-13-14-24-48(47)54(35-51(50)46-22-12-11-21-45(46)49)59-62-57(41-15-5-2-6-16-41)61-58(63-59)42-17-7-3-8-18-42/h2-30,32-35,37H,31H2,1H3. The summed E-state index contributed by atoms with van der Waals surface area (Å²) in [5.74, 6) is 2.14. The van der Waals surface area contributed by atoms with Crippen LogP contribution in [-0.2, 0) is 0 Å². The average Bonchev–Trinajstić information content (AvgIpc) is 3.70. The summed E-state index contributed by atoms with van der Waals surface area (Å²) in [7, 11) is 0. The second-order valence-corrected chi connectivity index (χ2v) is 16.7. The molecular formula is C59H39N5. The van der Waals surface area contributed by atoms with Crippen LogP contribution >= 0.6 is 0 Å². The molecular weight excluding hydrogens is 779 g/mol. The molecule has 0 N–H and O–H groups in total. The maximum absolute atomic E-state index is 9.98. The third-order valence-electron chi connectivity index (χ3n) is 12.9. The second kappa shape index (κ2) is 15.2. The van der Waals surface area contributed by atoms with E-state index in [4.69, 9.17) is 15.0 Å². The third-order valence-corrected chi connectivity index (χ3v) is 12.9. The molecule has 0 bridgehead atoms. The molecule has 300 valence electrons. The number of hydrogen-bond acceptors (Lipinski definition) is 4. The van der Waals surface area contributed by atoms with Crippen molar-refractivity contribution in [2.75, 3.05) is 0 Å². The Morgan fingerprint density at radius 3 is 1.56 bits per heavy atom. The highest BCUT2D eigenvalue weighted by Crippen LogP contribution is 2.44. The van der Waals surface area contributed by atoms with Gasteiger partial charge in [-0.25, -0.2) is 15.0 Å². The van der Waals surface area contributed by atoms with E-state index in [9.17, 15) is 5.26 Å². The van der Waals surface area contributed by atoms with Crippen LogP contribution in [0.25, 0.3) is 111 Å². The van der Waals surface area contributed by atoms with Crippen molar-refractivity contribution in [3.05, 3.63) is 211 Å². The Morgan fingerprint density at radius 1 is 0.453 bits per heavy atom. The van der Waals surface area contributed by atoms with E-state index in [1.54, 1.807) is 0 Å². The molecule has 0 fully saturated rings. The number of allylic oxidation sites excluding steroid dienone is 1. The second-order valence-electron chi connectivity index (χ2n) is 16.7. The first-order valence-corrected chi connectivity index (χ1v) is 21.8. The molecule has 64 heavy (non-hydrogen) atoms. The molecule has 1 aliphatic rings. The molecule has 0 spiro atoms. The zero-order chi connectivity index (χ0) is 42.7. The first-order valence-electron chi connectivity index (χ1n) is 21.8. The van der Waals surface area contributed by atoms with Crippen LogP contribution in [0.3, 0.4) is 0 Å². The monoisotopic (exact) mass is 817 g/mol. The van der Waals surface area contributed by atoms with Crippen molar-refractivity contribution in [2.45, 2.75) is 19.3 Å². The average molecular weight is 818 g/mol. The number of rotatable bonds is 6. The van der Waals surface area contributed by atoms with Crippen LogP contribution in [0.5, 0.6) is 0 Å². The Hall–Kier alpha value is -8.46. The van der Waals surface area contributed by atoms with Gasteiger partial charge in [0, 0.05) is 50.5 Å². The van der Waals surface area contributed by atoms with Crippen molar-refractivity contribution in [1.29, 1.82) is 5.26 Å². The molecule has 11 aromatic rings. The van der Waals surface area contributed by atoms with Gasteiger partial charge >= 0.3 is 0 Å². The molecule has 5 nitrogen and oxygen atoms in total. The van der Waals surface area contributed by atoms with Crippen LogP contribution in [0.4, 0.5) is 0 Å². The van der Waals surface area contributed by atoms with Gasteiger partial charge in [0.1, 0.15) is 0 Å². The lowest BCUT2D eigenvalue weighted by Crippen LogP contribution is -2.09. The highest BCUT2D eigenvalue weighted by Gasteiger charge is 2.27. The topological polar surface area (TPSA) is 67.4 Å². The summed E-state index contributed by atoms with van der Waals surface area (Å²) in [5.41, 5.74) is 13.0. The molecule has 0 saturated heterocycles. The third kappa shape index (κ3) is 6.19. The Balaban J connectivity index is 0.997. The van der Waals surface area contributed by atoms with Crippen LogP contribution in [0.1, 0.15) is 30.5 Å². The molecule has 1 aliphatic carbocycles. The first-order chi connectivity index (χ1) is 31.6. The fraction of sp³-hybridized carbons (Fsp3) is 0.0508. The Morgan fingerprint density at radius 2 is 0.953 bits per heavy atom. The molecule has 1 unspecified atom stereocenters. The normalized spacial score (nSPS) is 13.6. The summed E-state index contributed by atoms with van der Waals surface area (Å²) in [6.07, 6.45) is 2.85. The molecule has 0 saturated carbocycles. The van der Waals surface area contributed by atoms with Gasteiger partial charge < -0.3 is 4.57 Å². The lowest BCUT2D eigenvalue weighted by Gasteiger charge is -2.21. The van der Waals surface area contributed by atoms with E-state index in [2.05, 4.69) is 157 Å². The van der Waals surface area contributed by atoms with Gasteiger partial charge in [-0.3, -0.25) is 0 Å². The summed E-state index contributed by atoms with van der Waals surface area (Å²) >= 11 is 0. The minimum Gasteiger partial charge on any atom is -0.313 e. The van der Waals surface area contributed by atoms with Gasteiger partial charge in [-0.05, 0) is 103 Å². The van der Waals surface area contributed by atoms with E-state index in [0.29, 0.717) is 17.5 Å². The van der Waals surface area contributed by atoms with E-state index in [1.165, 1.54) is 27.4 Å². The highest BCUT2D eigenvalue weighted by atomic mass is 15.0. The molecule has 2 heterocycles. The van der Waals surface area contributed by atoms with E-state index in [0.717, 1.165) is 83.7 Å². The fourth-order valence-electron chi connectivity index (χ4n) is 9.89. The van der Waals surface area contributed by atoms with Gasteiger partial charge in [0.2, 0.25) is 0 Å². The molecule has 0 amide bonds. The van der Waals surface area contributed by atoms with Crippen LogP contribution < -0.4 is 0 Å². The zero-order valence-electron chi connectivity index (χ0n) is 35.1. The van der Waals surface area contributed by atoms with Gasteiger partial charge in [-0.1, -0.05) is 165 Å². The quantitative estimate of drug-likeness (QED) is 0.157. The van der Waals surface area contributed by atoms with E-state index < -0.39 is 0 Å². The Bertz CT molecular complexity index is 3640. The number of para-hydroxylation sites is 1. The predicted octanol–water partition coefficient (Wildman–Crippen LogP) is 15.0. The summed E-state index contributed by atoms with van der Waals surface area (Å²) in [4.78, 5) is 15.3. The first kappa shape index (κ1) is 37.3. The van der Waals surface area contributed by atoms with Gasteiger partial charge in [0.15, 0.2) is 17.5 Å². The van der Waals surface area contributed by atoms with Crippen LogP contribution in [0.2, 0.25) is 0 Å². The van der Waals surface area contributed by atoms with Crippen molar-refractivity contribution < 1.29 is 0 Å². The SMILES string of the molecule is CC1CC(C#N)=Cc2c1n(-c1ccccc1)c1ccc(-c3ccc(-c4cc5c6ccccc6c(-c6nc(-c7ccccc7)nc(-c7ccccc7)n6)cc5c5ccccc45)cc3)cc21. The van der Waals surface area contributed by atoms with Gasteiger partial charge in [0.05, 0.1) is 11.6 Å².